The van der Waals surface area contributed by atoms with Crippen LogP contribution in [0.15, 0.2) is 16.4 Å². The molecule has 2 aromatic heterocycles. The second kappa shape index (κ2) is 5.54. The molecule has 0 spiro atoms. The predicted molar refractivity (Wildman–Crippen MR) is 78.2 cm³/mol. The largest absolute Gasteiger partial charge is 0.382 e. The highest BCUT2D eigenvalue weighted by Crippen LogP contribution is 2.23. The fraction of sp³-hybridized carbons (Fsp3) is 0.308. The highest BCUT2D eigenvalue weighted by atomic mass is 32.2. The van der Waals surface area contributed by atoms with Crippen LogP contribution < -0.4 is 5.73 Å². The average molecular weight is 288 g/mol. The van der Waals surface area contributed by atoms with Crippen LogP contribution >= 0.6 is 11.8 Å². The van der Waals surface area contributed by atoms with E-state index in [0.717, 1.165) is 22.6 Å². The predicted octanol–water partition coefficient (Wildman–Crippen LogP) is 1.94. The van der Waals surface area contributed by atoms with Gasteiger partial charge < -0.3 is 5.73 Å². The van der Waals surface area contributed by atoms with Crippen LogP contribution in [0.2, 0.25) is 0 Å². The first-order valence-electron chi connectivity index (χ1n) is 6.06. The van der Waals surface area contributed by atoms with Crippen LogP contribution in [-0.4, -0.2) is 25.8 Å². The van der Waals surface area contributed by atoms with Gasteiger partial charge in [0.05, 0.1) is 0 Å². The van der Waals surface area contributed by atoms with E-state index in [-0.39, 0.29) is 5.84 Å². The van der Waals surface area contributed by atoms with E-state index in [2.05, 4.69) is 19.9 Å². The van der Waals surface area contributed by atoms with Crippen LogP contribution in [0.1, 0.15) is 28.3 Å². The molecule has 0 saturated carbocycles. The number of aromatic nitrogens is 4. The van der Waals surface area contributed by atoms with E-state index in [1.165, 1.54) is 11.8 Å². The summed E-state index contributed by atoms with van der Waals surface area (Å²) in [5.41, 5.74) is 9.62. The minimum absolute atomic E-state index is 0.0745. The molecular weight excluding hydrogens is 272 g/mol. The van der Waals surface area contributed by atoms with Gasteiger partial charge >= 0.3 is 0 Å². The first kappa shape index (κ1) is 14.4. The number of nitrogens with zero attached hydrogens (tertiary/aromatic N) is 4. The lowest BCUT2D eigenvalue weighted by molar-refractivity contribution is 0.863. The van der Waals surface area contributed by atoms with Crippen molar-refractivity contribution in [3.8, 4) is 0 Å². The van der Waals surface area contributed by atoms with Crippen LogP contribution in [0, 0.1) is 33.1 Å². The zero-order valence-corrected chi connectivity index (χ0v) is 12.7. The van der Waals surface area contributed by atoms with Gasteiger partial charge in [0.1, 0.15) is 11.5 Å². The molecule has 7 heteroatoms. The first-order valence-corrected chi connectivity index (χ1v) is 6.88. The molecule has 0 aromatic carbocycles. The third-order valence-corrected chi connectivity index (χ3v) is 3.63. The van der Waals surface area contributed by atoms with Gasteiger partial charge in [-0.15, -0.1) is 0 Å². The lowest BCUT2D eigenvalue weighted by Crippen LogP contribution is -2.14. The van der Waals surface area contributed by atoms with Crippen LogP contribution in [-0.2, 0) is 0 Å². The summed E-state index contributed by atoms with van der Waals surface area (Å²) in [6.45, 7) is 7.74. The van der Waals surface area contributed by atoms with Crippen molar-refractivity contribution < 1.29 is 0 Å². The lowest BCUT2D eigenvalue weighted by Gasteiger charge is -2.07. The number of rotatable bonds is 3. The molecule has 104 valence electrons. The van der Waals surface area contributed by atoms with Gasteiger partial charge in [-0.2, -0.15) is 0 Å². The van der Waals surface area contributed by atoms with Crippen LogP contribution in [0.4, 0.5) is 0 Å². The maximum absolute atomic E-state index is 7.45. The zero-order chi connectivity index (χ0) is 14.9. The van der Waals surface area contributed by atoms with Gasteiger partial charge in [0.15, 0.2) is 10.3 Å². The normalized spacial score (nSPS) is 10.6. The molecule has 2 rings (SSSR count). The Hall–Kier alpha value is -2.02. The molecule has 3 N–H and O–H groups in total. The van der Waals surface area contributed by atoms with Gasteiger partial charge in [0, 0.05) is 17.1 Å². The molecule has 0 aliphatic rings. The van der Waals surface area contributed by atoms with Gasteiger partial charge in [0.2, 0.25) is 0 Å². The van der Waals surface area contributed by atoms with Crippen molar-refractivity contribution in [2.75, 3.05) is 0 Å². The van der Waals surface area contributed by atoms with E-state index in [9.17, 15) is 0 Å². The van der Waals surface area contributed by atoms with E-state index in [0.29, 0.717) is 16.0 Å². The fourth-order valence-corrected chi connectivity index (χ4v) is 2.46. The van der Waals surface area contributed by atoms with E-state index in [1.54, 1.807) is 6.07 Å². The Morgan fingerprint density at radius 1 is 1.00 bits per heavy atom. The molecule has 2 aromatic rings. The van der Waals surface area contributed by atoms with E-state index >= 15 is 0 Å². The van der Waals surface area contributed by atoms with Gasteiger partial charge in [0.25, 0.3) is 0 Å². The summed E-state index contributed by atoms with van der Waals surface area (Å²) in [6, 6.07) is 1.68. The maximum Gasteiger partial charge on any atom is 0.196 e. The monoisotopic (exact) mass is 288 g/mol. The summed E-state index contributed by atoms with van der Waals surface area (Å²) in [6.07, 6.45) is 0. The number of nitrogens with two attached hydrogens (primary N) is 1. The summed E-state index contributed by atoms with van der Waals surface area (Å²) in [4.78, 5) is 17.4. The zero-order valence-electron chi connectivity index (χ0n) is 11.9. The molecule has 0 unspecified atom stereocenters. The van der Waals surface area contributed by atoms with Gasteiger partial charge in [-0.1, -0.05) is 0 Å². The van der Waals surface area contributed by atoms with Crippen LogP contribution in [0.5, 0.6) is 0 Å². The minimum atomic E-state index is -0.0745. The van der Waals surface area contributed by atoms with Gasteiger partial charge in [-0.3, -0.25) is 5.41 Å². The number of nitrogen functional groups attached to an aromatic ring is 1. The molecule has 0 radical (unpaired) electrons. The molecule has 0 amide bonds. The second-order valence-electron chi connectivity index (χ2n) is 4.49. The average Bonchev–Trinajstić information content (AvgIpc) is 2.35. The number of nitrogens with one attached hydrogen (secondary N) is 1. The van der Waals surface area contributed by atoms with Crippen LogP contribution in [0.3, 0.4) is 0 Å². The van der Waals surface area contributed by atoms with E-state index in [4.69, 9.17) is 11.1 Å². The van der Waals surface area contributed by atoms with Crippen molar-refractivity contribution in [2.24, 2.45) is 5.73 Å². The van der Waals surface area contributed by atoms with Gasteiger partial charge in [-0.05, 0) is 51.1 Å². The lowest BCUT2D eigenvalue weighted by atomic mass is 10.2. The molecule has 6 nitrogen and oxygen atoms in total. The van der Waals surface area contributed by atoms with Crippen molar-refractivity contribution in [1.82, 2.24) is 19.9 Å². The Morgan fingerprint density at radius 2 is 1.55 bits per heavy atom. The summed E-state index contributed by atoms with van der Waals surface area (Å²) < 4.78 is 0. The van der Waals surface area contributed by atoms with Crippen molar-refractivity contribution in [2.45, 2.75) is 38.0 Å². The molecule has 0 saturated heterocycles. The Labute approximate surface area is 121 Å². The molecule has 0 bridgehead atoms. The molecule has 0 aliphatic carbocycles. The smallest absolute Gasteiger partial charge is 0.196 e. The quantitative estimate of drug-likeness (QED) is 0.508. The highest BCUT2D eigenvalue weighted by Gasteiger charge is 2.10. The molecule has 0 aliphatic heterocycles. The Kier molecular flexibility index (Phi) is 3.99. The van der Waals surface area contributed by atoms with Gasteiger partial charge in [-0.25, -0.2) is 19.9 Å². The number of aryl methyl sites for hydroxylation is 3. The van der Waals surface area contributed by atoms with Crippen molar-refractivity contribution in [3.05, 3.63) is 34.4 Å². The third kappa shape index (κ3) is 3.11. The summed E-state index contributed by atoms with van der Waals surface area (Å²) in [5.74, 6) is -0.0745. The summed E-state index contributed by atoms with van der Waals surface area (Å²) in [5, 5.41) is 8.55. The molecule has 0 atom stereocenters. The Morgan fingerprint density at radius 3 is 2.10 bits per heavy atom. The first-order chi connectivity index (χ1) is 9.36. The Balaban J connectivity index is 2.37. The highest BCUT2D eigenvalue weighted by molar-refractivity contribution is 7.99. The van der Waals surface area contributed by atoms with E-state index < -0.39 is 0 Å². The number of amidine groups is 1. The summed E-state index contributed by atoms with van der Waals surface area (Å²) in [7, 11) is 0. The standard InChI is InChI=1S/C13H16N6S/c1-6-5-10(11(14)15)19-12(16-6)20-13-17-8(3)7(2)9(4)18-13/h5H,1-4H3,(H3,14,15). The molecule has 2 heterocycles. The molecule has 20 heavy (non-hydrogen) atoms. The maximum atomic E-state index is 7.45. The second-order valence-corrected chi connectivity index (χ2v) is 5.43. The minimum Gasteiger partial charge on any atom is -0.382 e. The third-order valence-electron chi connectivity index (χ3n) is 2.90. The number of hydrogen-bond acceptors (Lipinski definition) is 6. The van der Waals surface area contributed by atoms with Crippen molar-refractivity contribution >= 4 is 17.6 Å². The van der Waals surface area contributed by atoms with E-state index in [1.807, 2.05) is 27.7 Å². The van der Waals surface area contributed by atoms with Crippen LogP contribution in [0.25, 0.3) is 0 Å². The fourth-order valence-electron chi connectivity index (χ4n) is 1.59. The number of hydrogen-bond donors (Lipinski definition) is 2. The van der Waals surface area contributed by atoms with Crippen molar-refractivity contribution in [1.29, 1.82) is 5.41 Å². The SMILES string of the molecule is Cc1cc(C(=N)N)nc(Sc2nc(C)c(C)c(C)n2)n1. The van der Waals surface area contributed by atoms with Crippen molar-refractivity contribution in [3.63, 3.8) is 0 Å². The Bertz CT molecular complexity index is 660. The summed E-state index contributed by atoms with van der Waals surface area (Å²) >= 11 is 1.27. The topological polar surface area (TPSA) is 101 Å². The molecule has 0 fully saturated rings. The molecular formula is C13H16N6S.